The zero-order valence-corrected chi connectivity index (χ0v) is 17.3. The Hall–Kier alpha value is -0.544. The molecule has 0 radical (unpaired) electrons. The standard InChI is InChI=1S/C12H19N2.2C3H7.Ga/c1-13(2)9-11-6-5-7-12(8-11)10-14(3)4;2*1-3-2;/h5-6,8-10H,7H2,1-4H3;2*1,3H2,2H3;/b11-9-,12-10+;;;. The molecule has 21 heavy (non-hydrogen) atoms. The average molecular weight is 347 g/mol. The number of hydrogen-bond donors (Lipinski definition) is 0. The summed E-state index contributed by atoms with van der Waals surface area (Å²) >= 11 is -1.33. The number of nitrogens with zero attached hydrogens (tertiary/aromatic N) is 2. The van der Waals surface area contributed by atoms with E-state index >= 15 is 0 Å². The van der Waals surface area contributed by atoms with E-state index in [2.05, 4.69) is 76.4 Å². The van der Waals surface area contributed by atoms with E-state index in [1.807, 2.05) is 0 Å². The van der Waals surface area contributed by atoms with Crippen molar-refractivity contribution in [3.05, 3.63) is 35.7 Å². The Kier molecular flexibility index (Phi) is 8.34. The molecule has 1 aliphatic carbocycles. The van der Waals surface area contributed by atoms with Gasteiger partial charge < -0.3 is 0 Å². The normalized spacial score (nSPS) is 21.9. The topological polar surface area (TPSA) is 6.48 Å². The molecule has 1 rings (SSSR count). The Morgan fingerprint density at radius 3 is 2.10 bits per heavy atom. The van der Waals surface area contributed by atoms with Crippen LogP contribution in [-0.2, 0) is 0 Å². The summed E-state index contributed by atoms with van der Waals surface area (Å²) in [7, 11) is 8.59. The Bertz CT molecular complexity index is 388. The number of rotatable bonds is 7. The molecule has 0 spiro atoms. The van der Waals surface area contributed by atoms with Crippen LogP contribution in [-0.4, -0.2) is 54.2 Å². The van der Waals surface area contributed by atoms with Gasteiger partial charge in [0, 0.05) is 0 Å². The molecular formula is C18H33GaN2. The van der Waals surface area contributed by atoms with Crippen LogP contribution in [0.3, 0.4) is 0 Å². The molecule has 0 saturated carbocycles. The second kappa shape index (κ2) is 9.47. The second-order valence-corrected chi connectivity index (χ2v) is 13.7. The maximum atomic E-state index is 2.39. The molecule has 0 aromatic rings. The van der Waals surface area contributed by atoms with E-state index in [0.29, 0.717) is 0 Å². The average Bonchev–Trinajstić information content (AvgIpc) is 2.37. The van der Waals surface area contributed by atoms with Crippen LogP contribution in [0.5, 0.6) is 0 Å². The molecule has 1 atom stereocenters. The predicted molar refractivity (Wildman–Crippen MR) is 97.0 cm³/mol. The van der Waals surface area contributed by atoms with Crippen LogP contribution >= 0.6 is 0 Å². The summed E-state index contributed by atoms with van der Waals surface area (Å²) in [5, 5.41) is 0. The van der Waals surface area contributed by atoms with Gasteiger partial charge in [-0.25, -0.2) is 0 Å². The van der Waals surface area contributed by atoms with Crippen LogP contribution in [0.4, 0.5) is 0 Å². The molecule has 0 N–H and O–H groups in total. The van der Waals surface area contributed by atoms with E-state index < -0.39 is 16.2 Å². The molecule has 3 heteroatoms. The molecule has 0 bridgehead atoms. The minimum atomic E-state index is -1.33. The van der Waals surface area contributed by atoms with Gasteiger partial charge in [-0.05, 0) is 0 Å². The third-order valence-corrected chi connectivity index (χ3v) is 13.3. The van der Waals surface area contributed by atoms with Crippen LogP contribution in [0.15, 0.2) is 35.7 Å². The summed E-state index contributed by atoms with van der Waals surface area (Å²) < 4.78 is 0.771. The first-order chi connectivity index (χ1) is 9.99. The molecule has 0 aliphatic heterocycles. The van der Waals surface area contributed by atoms with Crippen LogP contribution in [0, 0.1) is 0 Å². The SMILES string of the molecule is CC[CH2][Ga]([CH2]CC)[CH]1/C(=C\N(C)C)C=CC/C1=C\N(C)C. The molecule has 0 amide bonds. The quantitative estimate of drug-likeness (QED) is 0.625. The van der Waals surface area contributed by atoms with Gasteiger partial charge in [0.25, 0.3) is 0 Å². The van der Waals surface area contributed by atoms with E-state index in [1.54, 1.807) is 11.1 Å². The van der Waals surface area contributed by atoms with Gasteiger partial charge in [-0.1, -0.05) is 0 Å². The summed E-state index contributed by atoms with van der Waals surface area (Å²) in [6, 6.07) is 0. The number of hydrogen-bond acceptors (Lipinski definition) is 2. The van der Waals surface area contributed by atoms with Crippen LogP contribution in [0.2, 0.25) is 14.4 Å². The van der Waals surface area contributed by atoms with E-state index in [-0.39, 0.29) is 0 Å². The predicted octanol–water partition coefficient (Wildman–Crippen LogP) is 4.52. The summed E-state index contributed by atoms with van der Waals surface area (Å²) in [5.41, 5.74) is 3.22. The van der Waals surface area contributed by atoms with Crippen molar-refractivity contribution in [1.82, 2.24) is 9.80 Å². The van der Waals surface area contributed by atoms with Crippen molar-refractivity contribution >= 4 is 16.2 Å². The summed E-state index contributed by atoms with van der Waals surface area (Å²) in [4.78, 5) is 7.46. The van der Waals surface area contributed by atoms with Crippen molar-refractivity contribution in [3.8, 4) is 0 Å². The van der Waals surface area contributed by atoms with Gasteiger partial charge >= 0.3 is 137 Å². The van der Waals surface area contributed by atoms with Crippen molar-refractivity contribution in [2.75, 3.05) is 28.2 Å². The first-order valence-electron chi connectivity index (χ1n) is 8.41. The fourth-order valence-electron chi connectivity index (χ4n) is 3.46. The minimum absolute atomic E-state index is 0.771. The van der Waals surface area contributed by atoms with Crippen LogP contribution in [0.25, 0.3) is 0 Å². The van der Waals surface area contributed by atoms with Gasteiger partial charge in [0.15, 0.2) is 0 Å². The van der Waals surface area contributed by atoms with Crippen molar-refractivity contribution in [1.29, 1.82) is 0 Å². The Labute approximate surface area is 137 Å². The van der Waals surface area contributed by atoms with E-state index in [0.717, 1.165) is 10.9 Å². The fourth-order valence-corrected chi connectivity index (χ4v) is 11.9. The second-order valence-electron chi connectivity index (χ2n) is 6.68. The van der Waals surface area contributed by atoms with Gasteiger partial charge in [0.2, 0.25) is 0 Å². The van der Waals surface area contributed by atoms with Gasteiger partial charge in [0.05, 0.1) is 0 Å². The van der Waals surface area contributed by atoms with Gasteiger partial charge in [-0.3, -0.25) is 0 Å². The molecule has 0 aromatic heterocycles. The third-order valence-electron chi connectivity index (χ3n) is 4.04. The molecule has 0 fully saturated rings. The Balaban J connectivity index is 3.18. The van der Waals surface area contributed by atoms with Crippen molar-refractivity contribution in [3.63, 3.8) is 0 Å². The molecule has 0 aromatic carbocycles. The molecule has 2 nitrogen and oxygen atoms in total. The third kappa shape index (κ3) is 5.99. The van der Waals surface area contributed by atoms with Crippen LogP contribution in [0.1, 0.15) is 33.1 Å². The maximum absolute atomic E-state index is 2.39. The van der Waals surface area contributed by atoms with E-state index in [1.165, 1.54) is 22.8 Å². The first-order valence-corrected chi connectivity index (χ1v) is 13.2. The van der Waals surface area contributed by atoms with Crippen molar-refractivity contribution in [2.45, 2.75) is 47.5 Å². The molecule has 0 heterocycles. The first kappa shape index (κ1) is 18.5. The Morgan fingerprint density at radius 1 is 1.05 bits per heavy atom. The fraction of sp³-hybridized carbons (Fsp3) is 0.667. The van der Waals surface area contributed by atoms with Gasteiger partial charge in [0.1, 0.15) is 0 Å². The van der Waals surface area contributed by atoms with Gasteiger partial charge in [-0.2, -0.15) is 0 Å². The van der Waals surface area contributed by atoms with Crippen molar-refractivity contribution < 1.29 is 0 Å². The summed E-state index contributed by atoms with van der Waals surface area (Å²) in [5.74, 6) is 0. The number of allylic oxidation sites excluding steroid dienone is 4. The molecule has 1 aliphatic rings. The van der Waals surface area contributed by atoms with E-state index in [9.17, 15) is 0 Å². The zero-order valence-electron chi connectivity index (χ0n) is 14.9. The molecule has 0 saturated heterocycles. The monoisotopic (exact) mass is 346 g/mol. The molecule has 1 unspecified atom stereocenters. The van der Waals surface area contributed by atoms with E-state index in [4.69, 9.17) is 0 Å². The van der Waals surface area contributed by atoms with Gasteiger partial charge in [-0.15, -0.1) is 0 Å². The van der Waals surface area contributed by atoms with Crippen LogP contribution < -0.4 is 0 Å². The molecular weight excluding hydrogens is 314 g/mol. The Morgan fingerprint density at radius 2 is 1.62 bits per heavy atom. The van der Waals surface area contributed by atoms with Crippen molar-refractivity contribution in [2.24, 2.45) is 0 Å². The summed E-state index contributed by atoms with van der Waals surface area (Å²) in [6.07, 6.45) is 13.3. The summed E-state index contributed by atoms with van der Waals surface area (Å²) in [6.45, 7) is 4.72. The zero-order chi connectivity index (χ0) is 15.8. The molecule has 118 valence electrons.